The van der Waals surface area contributed by atoms with Gasteiger partial charge in [0.2, 0.25) is 0 Å². The molecule has 0 saturated heterocycles. The molecule has 0 bridgehead atoms. The molecule has 0 heterocycles. The molecule has 1 nitrogen and oxygen atoms in total. The summed E-state index contributed by atoms with van der Waals surface area (Å²) in [6.45, 7) is 11.7. The molecule has 25 heavy (non-hydrogen) atoms. The molecule has 4 atom stereocenters. The van der Waals surface area contributed by atoms with Crippen molar-refractivity contribution in [1.82, 2.24) is 0 Å². The van der Waals surface area contributed by atoms with Gasteiger partial charge in [-0.25, -0.2) is 0 Å². The number of unbranched alkanes of at least 4 members (excludes halogenated alkanes) is 2. The van der Waals surface area contributed by atoms with E-state index in [9.17, 15) is 5.11 Å². The summed E-state index contributed by atoms with van der Waals surface area (Å²) in [6, 6.07) is 0. The van der Waals surface area contributed by atoms with Gasteiger partial charge >= 0.3 is 0 Å². The number of aliphatic hydroxyl groups excluding tert-OH is 1. The molecule has 0 aliphatic carbocycles. The lowest BCUT2D eigenvalue weighted by molar-refractivity contribution is 0.143. The molecule has 0 rings (SSSR count). The van der Waals surface area contributed by atoms with Crippen LogP contribution in [0.3, 0.4) is 0 Å². The lowest BCUT2D eigenvalue weighted by atomic mass is 9.92. The first-order chi connectivity index (χ1) is 12.0. The van der Waals surface area contributed by atoms with E-state index >= 15 is 0 Å². The van der Waals surface area contributed by atoms with Crippen molar-refractivity contribution in [2.24, 2.45) is 17.8 Å². The second kappa shape index (κ2) is 17.4. The van der Waals surface area contributed by atoms with Gasteiger partial charge in [0.15, 0.2) is 0 Å². The van der Waals surface area contributed by atoms with E-state index in [-0.39, 0.29) is 6.10 Å². The Bertz CT molecular complexity index is 237. The third-order valence-electron chi connectivity index (χ3n) is 5.96. The van der Waals surface area contributed by atoms with E-state index in [0.29, 0.717) is 0 Å². The van der Waals surface area contributed by atoms with Crippen LogP contribution in [0.25, 0.3) is 0 Å². The maximum atomic E-state index is 10.2. The van der Waals surface area contributed by atoms with E-state index in [0.717, 1.165) is 30.6 Å². The summed E-state index contributed by atoms with van der Waals surface area (Å²) in [5.74, 6) is 2.58. The van der Waals surface area contributed by atoms with E-state index in [1.54, 1.807) is 0 Å². The summed E-state index contributed by atoms with van der Waals surface area (Å²) in [5, 5.41) is 10.2. The van der Waals surface area contributed by atoms with E-state index in [1.165, 1.54) is 83.5 Å². The predicted molar refractivity (Wildman–Crippen MR) is 114 cm³/mol. The van der Waals surface area contributed by atoms with E-state index < -0.39 is 0 Å². The molecular formula is C24H50O. The minimum atomic E-state index is -0.0559. The summed E-state index contributed by atoms with van der Waals surface area (Å²) < 4.78 is 0. The maximum Gasteiger partial charge on any atom is 0.0540 e. The molecule has 0 radical (unpaired) electrons. The van der Waals surface area contributed by atoms with E-state index in [2.05, 4.69) is 34.6 Å². The van der Waals surface area contributed by atoms with Gasteiger partial charge in [0.05, 0.1) is 6.10 Å². The van der Waals surface area contributed by atoms with Gasteiger partial charge in [-0.05, 0) is 30.6 Å². The minimum absolute atomic E-state index is 0.0559. The summed E-state index contributed by atoms with van der Waals surface area (Å²) in [5.41, 5.74) is 0. The van der Waals surface area contributed by atoms with E-state index in [4.69, 9.17) is 0 Å². The zero-order chi connectivity index (χ0) is 18.9. The van der Waals surface area contributed by atoms with Crippen molar-refractivity contribution in [2.75, 3.05) is 0 Å². The van der Waals surface area contributed by atoms with Gasteiger partial charge < -0.3 is 5.11 Å². The smallest absolute Gasteiger partial charge is 0.0540 e. The van der Waals surface area contributed by atoms with Crippen LogP contribution in [0.15, 0.2) is 0 Å². The minimum Gasteiger partial charge on any atom is -0.393 e. The quantitative estimate of drug-likeness (QED) is 0.263. The van der Waals surface area contributed by atoms with Crippen molar-refractivity contribution in [3.63, 3.8) is 0 Å². The second-order valence-corrected chi connectivity index (χ2v) is 9.05. The highest BCUT2D eigenvalue weighted by molar-refractivity contribution is 4.62. The Morgan fingerprint density at radius 1 is 0.480 bits per heavy atom. The molecule has 0 spiro atoms. The number of hydrogen-bond acceptors (Lipinski definition) is 1. The van der Waals surface area contributed by atoms with Crippen molar-refractivity contribution in [2.45, 2.75) is 137 Å². The third-order valence-corrected chi connectivity index (χ3v) is 5.96. The molecule has 0 aromatic heterocycles. The van der Waals surface area contributed by atoms with Crippen molar-refractivity contribution in [3.05, 3.63) is 0 Å². The molecule has 1 N–H and O–H groups in total. The summed E-state index contributed by atoms with van der Waals surface area (Å²) in [6.07, 6.45) is 19.3. The number of hydrogen-bond donors (Lipinski definition) is 1. The molecule has 152 valence electrons. The Morgan fingerprint density at radius 3 is 1.08 bits per heavy atom. The maximum absolute atomic E-state index is 10.2. The first kappa shape index (κ1) is 25.0. The van der Waals surface area contributed by atoms with Crippen LogP contribution in [0.4, 0.5) is 0 Å². The highest BCUT2D eigenvalue weighted by Gasteiger charge is 2.09. The fourth-order valence-electron chi connectivity index (χ4n) is 3.90. The largest absolute Gasteiger partial charge is 0.393 e. The van der Waals surface area contributed by atoms with Crippen LogP contribution in [0.1, 0.15) is 131 Å². The molecule has 0 saturated carbocycles. The summed E-state index contributed by atoms with van der Waals surface area (Å²) in [7, 11) is 0. The highest BCUT2D eigenvalue weighted by atomic mass is 16.3. The van der Waals surface area contributed by atoms with Crippen LogP contribution in [0.5, 0.6) is 0 Å². The standard InChI is InChI=1S/C24H50O/c1-6-8-13-21(3)15-10-16-23(5)18-12-20-24(25)19-11-17-22(4)14-9-7-2/h21-25H,6-20H2,1-5H3. The number of rotatable bonds is 18. The Labute approximate surface area is 160 Å². The summed E-state index contributed by atoms with van der Waals surface area (Å²) in [4.78, 5) is 0. The van der Waals surface area contributed by atoms with Gasteiger partial charge in [-0.2, -0.15) is 0 Å². The SMILES string of the molecule is CCCCC(C)CCCC(C)CCCC(O)CCCC(C)CCCC. The average Bonchev–Trinajstić information content (AvgIpc) is 2.58. The lowest BCUT2D eigenvalue weighted by Crippen LogP contribution is -2.08. The van der Waals surface area contributed by atoms with Gasteiger partial charge in [-0.3, -0.25) is 0 Å². The molecular weight excluding hydrogens is 304 g/mol. The van der Waals surface area contributed by atoms with Crippen molar-refractivity contribution in [1.29, 1.82) is 0 Å². The zero-order valence-electron chi connectivity index (χ0n) is 18.4. The van der Waals surface area contributed by atoms with Gasteiger partial charge in [-0.15, -0.1) is 0 Å². The lowest BCUT2D eigenvalue weighted by Gasteiger charge is -2.16. The van der Waals surface area contributed by atoms with Crippen LogP contribution in [-0.4, -0.2) is 11.2 Å². The average molecular weight is 355 g/mol. The highest BCUT2D eigenvalue weighted by Crippen LogP contribution is 2.22. The van der Waals surface area contributed by atoms with Gasteiger partial charge in [0, 0.05) is 0 Å². The molecule has 0 fully saturated rings. The van der Waals surface area contributed by atoms with Crippen LogP contribution in [0, 0.1) is 17.8 Å². The Balaban J connectivity index is 3.51. The fourth-order valence-corrected chi connectivity index (χ4v) is 3.90. The Kier molecular flexibility index (Phi) is 17.3. The molecule has 0 aromatic rings. The van der Waals surface area contributed by atoms with Crippen molar-refractivity contribution >= 4 is 0 Å². The van der Waals surface area contributed by atoms with Gasteiger partial charge in [0.25, 0.3) is 0 Å². The number of aliphatic hydroxyl groups is 1. The first-order valence-electron chi connectivity index (χ1n) is 11.7. The normalized spacial score (nSPS) is 16.6. The second-order valence-electron chi connectivity index (χ2n) is 9.05. The summed E-state index contributed by atoms with van der Waals surface area (Å²) >= 11 is 0. The van der Waals surface area contributed by atoms with Crippen molar-refractivity contribution < 1.29 is 5.11 Å². The third kappa shape index (κ3) is 17.1. The van der Waals surface area contributed by atoms with E-state index in [1.807, 2.05) is 0 Å². The van der Waals surface area contributed by atoms with Crippen LogP contribution < -0.4 is 0 Å². The first-order valence-corrected chi connectivity index (χ1v) is 11.7. The molecule has 0 aromatic carbocycles. The van der Waals surface area contributed by atoms with Crippen molar-refractivity contribution in [3.8, 4) is 0 Å². The fraction of sp³-hybridized carbons (Fsp3) is 1.00. The molecule has 4 unspecified atom stereocenters. The van der Waals surface area contributed by atoms with Crippen LogP contribution in [0.2, 0.25) is 0 Å². The zero-order valence-corrected chi connectivity index (χ0v) is 18.4. The molecule has 0 aliphatic heterocycles. The van der Waals surface area contributed by atoms with Crippen LogP contribution >= 0.6 is 0 Å². The Hall–Kier alpha value is -0.0400. The molecule has 1 heteroatoms. The molecule has 0 amide bonds. The monoisotopic (exact) mass is 354 g/mol. The van der Waals surface area contributed by atoms with Crippen LogP contribution in [-0.2, 0) is 0 Å². The van der Waals surface area contributed by atoms with Gasteiger partial charge in [0.1, 0.15) is 0 Å². The topological polar surface area (TPSA) is 20.2 Å². The molecule has 0 aliphatic rings. The Morgan fingerprint density at radius 2 is 0.760 bits per heavy atom. The predicted octanol–water partition coefficient (Wildman–Crippen LogP) is 8.15. The van der Waals surface area contributed by atoms with Gasteiger partial charge in [-0.1, -0.05) is 118 Å².